The fraction of sp³-hybridized carbons (Fsp3) is 0.333. The topological polar surface area (TPSA) is 73.5 Å². The fourth-order valence-corrected chi connectivity index (χ4v) is 4.30. The normalized spacial score (nSPS) is 18.8. The monoisotopic (exact) mass is 432 g/mol. The molecule has 2 aromatic carbocycles. The number of hydrogen-bond donors (Lipinski definition) is 3. The van der Waals surface area contributed by atoms with Crippen molar-refractivity contribution in [2.75, 3.05) is 24.3 Å². The molecule has 0 spiro atoms. The molecular formula is C21H25ClN4O2S. The van der Waals surface area contributed by atoms with E-state index in [2.05, 4.69) is 16.0 Å². The van der Waals surface area contributed by atoms with Crippen molar-refractivity contribution >= 4 is 46.6 Å². The maximum atomic E-state index is 12.4. The van der Waals surface area contributed by atoms with E-state index in [9.17, 15) is 9.59 Å². The van der Waals surface area contributed by atoms with Crippen molar-refractivity contribution < 1.29 is 9.59 Å². The Morgan fingerprint density at radius 1 is 1.24 bits per heavy atom. The Balaban J connectivity index is 1.50. The molecule has 6 nitrogen and oxygen atoms in total. The molecule has 1 aliphatic heterocycles. The standard InChI is InChI=1S/C21H25ClN4O2S/c1-26(2)18-8-6-16(7-9-18)23-19(27)11-17-12-20(28)25-21(24-17)29-13-14-4-3-5-15(22)10-14/h3-10,17,21,24H,11-13H2,1-2H3,(H,23,27)(H,25,28). The summed E-state index contributed by atoms with van der Waals surface area (Å²) < 4.78 is 0. The van der Waals surface area contributed by atoms with Crippen molar-refractivity contribution in [3.63, 3.8) is 0 Å². The first-order valence-electron chi connectivity index (χ1n) is 9.38. The minimum Gasteiger partial charge on any atom is -0.378 e. The van der Waals surface area contributed by atoms with Gasteiger partial charge >= 0.3 is 0 Å². The van der Waals surface area contributed by atoms with Crippen molar-refractivity contribution in [2.24, 2.45) is 0 Å². The van der Waals surface area contributed by atoms with Gasteiger partial charge in [-0.05, 0) is 42.0 Å². The maximum absolute atomic E-state index is 12.4. The summed E-state index contributed by atoms with van der Waals surface area (Å²) in [6.07, 6.45) is 0.512. The van der Waals surface area contributed by atoms with Crippen LogP contribution in [0, 0.1) is 0 Å². The Morgan fingerprint density at radius 2 is 2.00 bits per heavy atom. The Bertz CT molecular complexity index is 860. The number of carbonyl (C=O) groups is 2. The number of thioether (sulfide) groups is 1. The summed E-state index contributed by atoms with van der Waals surface area (Å²) >= 11 is 7.58. The van der Waals surface area contributed by atoms with Gasteiger partial charge in [0.05, 0.1) is 0 Å². The highest BCUT2D eigenvalue weighted by Crippen LogP contribution is 2.21. The van der Waals surface area contributed by atoms with Gasteiger partial charge in [0.15, 0.2) is 0 Å². The molecule has 29 heavy (non-hydrogen) atoms. The first-order valence-corrected chi connectivity index (χ1v) is 10.8. The highest BCUT2D eigenvalue weighted by Gasteiger charge is 2.27. The van der Waals surface area contributed by atoms with Gasteiger partial charge in [0.25, 0.3) is 0 Å². The van der Waals surface area contributed by atoms with Crippen LogP contribution in [0.1, 0.15) is 18.4 Å². The van der Waals surface area contributed by atoms with Gasteiger partial charge in [-0.25, -0.2) is 0 Å². The Kier molecular flexibility index (Phi) is 7.41. The first kappa shape index (κ1) is 21.5. The van der Waals surface area contributed by atoms with Crippen LogP contribution < -0.4 is 20.9 Å². The predicted molar refractivity (Wildman–Crippen MR) is 120 cm³/mol. The third-order valence-corrected chi connectivity index (χ3v) is 5.84. The zero-order chi connectivity index (χ0) is 20.8. The summed E-state index contributed by atoms with van der Waals surface area (Å²) in [5, 5.41) is 9.84. The van der Waals surface area contributed by atoms with Gasteiger partial charge in [-0.2, -0.15) is 0 Å². The number of hydrogen-bond acceptors (Lipinski definition) is 5. The molecule has 1 heterocycles. The number of amides is 2. The number of carbonyl (C=O) groups excluding carboxylic acids is 2. The first-order chi connectivity index (χ1) is 13.9. The van der Waals surface area contributed by atoms with E-state index in [1.807, 2.05) is 67.5 Å². The molecule has 1 aliphatic rings. The number of benzene rings is 2. The van der Waals surface area contributed by atoms with Crippen LogP contribution in [0.2, 0.25) is 5.02 Å². The van der Waals surface area contributed by atoms with E-state index in [-0.39, 0.29) is 36.2 Å². The Hall–Kier alpha value is -2.22. The van der Waals surface area contributed by atoms with Crippen LogP contribution in [0.5, 0.6) is 0 Å². The highest BCUT2D eigenvalue weighted by molar-refractivity contribution is 7.99. The predicted octanol–water partition coefficient (Wildman–Crippen LogP) is 3.43. The van der Waals surface area contributed by atoms with Gasteiger partial charge in [-0.3, -0.25) is 14.9 Å². The number of anilines is 2. The third kappa shape index (κ3) is 6.66. The average molecular weight is 433 g/mol. The minimum absolute atomic E-state index is 0.0551. The molecule has 2 atom stereocenters. The molecule has 2 aromatic rings. The second-order valence-electron chi connectivity index (χ2n) is 7.15. The average Bonchev–Trinajstić information content (AvgIpc) is 2.66. The van der Waals surface area contributed by atoms with Crippen LogP contribution in [-0.2, 0) is 15.3 Å². The van der Waals surface area contributed by atoms with Crippen LogP contribution >= 0.6 is 23.4 Å². The summed E-state index contributed by atoms with van der Waals surface area (Å²) in [4.78, 5) is 26.5. The SMILES string of the molecule is CN(C)c1ccc(NC(=O)CC2CC(=O)NC(SCc3cccc(Cl)c3)N2)cc1. The zero-order valence-corrected chi connectivity index (χ0v) is 18.0. The molecule has 0 saturated carbocycles. The Morgan fingerprint density at radius 3 is 2.69 bits per heavy atom. The van der Waals surface area contributed by atoms with E-state index in [0.717, 1.165) is 16.9 Å². The van der Waals surface area contributed by atoms with Gasteiger partial charge in [-0.15, -0.1) is 11.8 Å². The van der Waals surface area contributed by atoms with Gasteiger partial charge in [0.2, 0.25) is 11.8 Å². The van der Waals surface area contributed by atoms with Crippen molar-refractivity contribution in [1.29, 1.82) is 0 Å². The lowest BCUT2D eigenvalue weighted by Gasteiger charge is -2.31. The van der Waals surface area contributed by atoms with Gasteiger partial charge in [0, 0.05) is 55.1 Å². The molecule has 0 bridgehead atoms. The molecule has 0 radical (unpaired) electrons. The van der Waals surface area contributed by atoms with Gasteiger partial charge in [0.1, 0.15) is 5.50 Å². The molecule has 0 aliphatic carbocycles. The maximum Gasteiger partial charge on any atom is 0.225 e. The van der Waals surface area contributed by atoms with E-state index in [0.29, 0.717) is 10.8 Å². The summed E-state index contributed by atoms with van der Waals surface area (Å²) in [5.74, 6) is 0.532. The summed E-state index contributed by atoms with van der Waals surface area (Å²) in [5.41, 5.74) is 2.65. The van der Waals surface area contributed by atoms with E-state index >= 15 is 0 Å². The smallest absolute Gasteiger partial charge is 0.225 e. The number of halogens is 1. The van der Waals surface area contributed by atoms with Crippen LogP contribution in [0.3, 0.4) is 0 Å². The van der Waals surface area contributed by atoms with Gasteiger partial charge < -0.3 is 15.5 Å². The van der Waals surface area contributed by atoms with Crippen molar-refractivity contribution in [3.8, 4) is 0 Å². The molecule has 8 heteroatoms. The van der Waals surface area contributed by atoms with Crippen LogP contribution in [0.25, 0.3) is 0 Å². The van der Waals surface area contributed by atoms with Gasteiger partial charge in [-0.1, -0.05) is 23.7 Å². The molecule has 154 valence electrons. The molecular weight excluding hydrogens is 408 g/mol. The van der Waals surface area contributed by atoms with Crippen LogP contribution in [0.4, 0.5) is 11.4 Å². The molecule has 2 unspecified atom stereocenters. The summed E-state index contributed by atoms with van der Waals surface area (Å²) in [6.45, 7) is 0. The molecule has 3 rings (SSSR count). The zero-order valence-electron chi connectivity index (χ0n) is 16.4. The number of nitrogens with one attached hydrogen (secondary N) is 3. The fourth-order valence-electron chi connectivity index (χ4n) is 3.05. The van der Waals surface area contributed by atoms with E-state index in [4.69, 9.17) is 11.6 Å². The van der Waals surface area contributed by atoms with E-state index in [1.54, 1.807) is 11.8 Å². The summed E-state index contributed by atoms with van der Waals surface area (Å²) in [7, 11) is 3.93. The van der Waals surface area contributed by atoms with Crippen molar-refractivity contribution in [1.82, 2.24) is 10.6 Å². The van der Waals surface area contributed by atoms with Crippen LogP contribution in [0.15, 0.2) is 48.5 Å². The molecule has 0 aromatic heterocycles. The second kappa shape index (κ2) is 10.0. The van der Waals surface area contributed by atoms with Crippen LogP contribution in [-0.4, -0.2) is 37.4 Å². The minimum atomic E-state index is -0.243. The molecule has 1 saturated heterocycles. The van der Waals surface area contributed by atoms with E-state index in [1.165, 1.54) is 0 Å². The highest BCUT2D eigenvalue weighted by atomic mass is 35.5. The lowest BCUT2D eigenvalue weighted by Crippen LogP contribution is -2.55. The quantitative estimate of drug-likeness (QED) is 0.625. The number of nitrogens with zero attached hydrogens (tertiary/aromatic N) is 1. The molecule has 3 N–H and O–H groups in total. The lowest BCUT2D eigenvalue weighted by molar-refractivity contribution is -0.124. The second-order valence-corrected chi connectivity index (χ2v) is 8.68. The Labute approximate surface area is 180 Å². The lowest BCUT2D eigenvalue weighted by atomic mass is 10.1. The van der Waals surface area contributed by atoms with Crippen molar-refractivity contribution in [3.05, 3.63) is 59.1 Å². The summed E-state index contributed by atoms with van der Waals surface area (Å²) in [6, 6.07) is 15.1. The third-order valence-electron chi connectivity index (χ3n) is 4.52. The van der Waals surface area contributed by atoms with Crippen molar-refractivity contribution in [2.45, 2.75) is 30.1 Å². The van der Waals surface area contributed by atoms with E-state index < -0.39 is 0 Å². The number of rotatable bonds is 7. The largest absolute Gasteiger partial charge is 0.378 e. The molecule has 2 amide bonds. The molecule has 1 fully saturated rings.